The first-order valence-corrected chi connectivity index (χ1v) is 9.56. The lowest BCUT2D eigenvalue weighted by molar-refractivity contribution is -0.690. The first-order valence-electron chi connectivity index (χ1n) is 9.18. The summed E-state index contributed by atoms with van der Waals surface area (Å²) < 4.78 is 3.75. The standard InChI is InChI=1S/C22H24ClN4O/c1-4-22-26(16-21(28)18-7-9-19(23)10-8-18)13-14-27(22)24-15-17-5-11-20(12-6-17)25(2)3/h5-15H,4,16H2,1-3H3/q+1. The van der Waals surface area contributed by atoms with Crippen molar-refractivity contribution in [1.29, 1.82) is 0 Å². The zero-order chi connectivity index (χ0) is 20.1. The van der Waals surface area contributed by atoms with Gasteiger partial charge in [-0.15, -0.1) is 4.68 Å². The van der Waals surface area contributed by atoms with E-state index in [1.807, 2.05) is 54.1 Å². The Hall–Kier alpha value is -2.92. The largest absolute Gasteiger partial charge is 0.378 e. The third kappa shape index (κ3) is 4.67. The number of halogens is 1. The van der Waals surface area contributed by atoms with Gasteiger partial charge in [-0.1, -0.05) is 35.8 Å². The highest BCUT2D eigenvalue weighted by molar-refractivity contribution is 6.30. The fraction of sp³-hybridized carbons (Fsp3) is 0.227. The van der Waals surface area contributed by atoms with Crippen LogP contribution in [0.15, 0.2) is 66.0 Å². The van der Waals surface area contributed by atoms with Crippen LogP contribution in [0.1, 0.15) is 28.7 Å². The fourth-order valence-corrected chi connectivity index (χ4v) is 3.06. The molecule has 0 spiro atoms. The molecule has 6 heteroatoms. The minimum atomic E-state index is 0.0392. The molecule has 0 aliphatic heterocycles. The van der Waals surface area contributed by atoms with Crippen LogP contribution < -0.4 is 9.47 Å². The van der Waals surface area contributed by atoms with Crippen LogP contribution >= 0.6 is 11.6 Å². The van der Waals surface area contributed by atoms with Crippen LogP contribution in [0.2, 0.25) is 5.02 Å². The lowest BCUT2D eigenvalue weighted by atomic mass is 10.1. The lowest BCUT2D eigenvalue weighted by Gasteiger charge is -2.11. The topological polar surface area (TPSA) is 41.5 Å². The number of benzene rings is 2. The maximum Gasteiger partial charge on any atom is 0.282 e. The number of anilines is 1. The summed E-state index contributed by atoms with van der Waals surface area (Å²) >= 11 is 5.90. The molecule has 0 amide bonds. The third-order valence-corrected chi connectivity index (χ3v) is 4.77. The third-order valence-electron chi connectivity index (χ3n) is 4.52. The molecule has 0 bridgehead atoms. The maximum atomic E-state index is 12.6. The Morgan fingerprint density at radius 2 is 1.82 bits per heavy atom. The molecule has 0 saturated carbocycles. The molecule has 144 valence electrons. The summed E-state index contributed by atoms with van der Waals surface area (Å²) in [7, 11) is 4.03. The Kier molecular flexibility index (Phi) is 6.26. The minimum absolute atomic E-state index is 0.0392. The highest BCUT2D eigenvalue weighted by atomic mass is 35.5. The first kappa shape index (κ1) is 19.8. The molecule has 5 nitrogen and oxygen atoms in total. The Morgan fingerprint density at radius 3 is 2.43 bits per heavy atom. The van der Waals surface area contributed by atoms with E-state index in [2.05, 4.69) is 29.1 Å². The van der Waals surface area contributed by atoms with Gasteiger partial charge >= 0.3 is 0 Å². The second-order valence-electron chi connectivity index (χ2n) is 6.70. The molecular weight excluding hydrogens is 372 g/mol. The number of imidazole rings is 1. The van der Waals surface area contributed by atoms with Crippen LogP contribution in [0, 0.1) is 0 Å². The van der Waals surface area contributed by atoms with Gasteiger partial charge in [-0.25, -0.2) is 4.57 Å². The number of rotatable bonds is 7. The summed E-state index contributed by atoms with van der Waals surface area (Å²) in [5.74, 6) is 1.00. The van der Waals surface area contributed by atoms with Gasteiger partial charge < -0.3 is 4.90 Å². The van der Waals surface area contributed by atoms with E-state index in [1.165, 1.54) is 0 Å². The molecule has 0 N–H and O–H groups in total. The number of aromatic nitrogens is 2. The zero-order valence-corrected chi connectivity index (χ0v) is 17.1. The highest BCUT2D eigenvalue weighted by Crippen LogP contribution is 2.12. The Balaban J connectivity index is 1.76. The fourth-order valence-electron chi connectivity index (χ4n) is 2.93. The molecule has 0 saturated heterocycles. The second kappa shape index (κ2) is 8.85. The van der Waals surface area contributed by atoms with Gasteiger partial charge in [0.05, 0.1) is 6.21 Å². The van der Waals surface area contributed by atoms with Gasteiger partial charge in [0.15, 0.2) is 12.7 Å². The summed E-state index contributed by atoms with van der Waals surface area (Å²) in [5.41, 5.74) is 2.81. The van der Waals surface area contributed by atoms with Gasteiger partial charge in [0, 0.05) is 36.8 Å². The van der Waals surface area contributed by atoms with Crippen molar-refractivity contribution >= 4 is 29.3 Å². The van der Waals surface area contributed by atoms with Crippen molar-refractivity contribution in [1.82, 2.24) is 4.68 Å². The van der Waals surface area contributed by atoms with Crippen LogP contribution in [0.5, 0.6) is 0 Å². The number of Topliss-reactive ketones (excluding diaryl/α,β-unsaturated/α-hetero) is 1. The van der Waals surface area contributed by atoms with E-state index in [4.69, 9.17) is 11.6 Å². The SMILES string of the molecule is CCc1n(N=Cc2ccc(N(C)C)cc2)cc[n+]1CC(=O)c1ccc(Cl)cc1. The van der Waals surface area contributed by atoms with Crippen LogP contribution in [-0.2, 0) is 13.0 Å². The van der Waals surface area contributed by atoms with Crippen molar-refractivity contribution in [2.45, 2.75) is 19.9 Å². The molecule has 1 aromatic heterocycles. The molecular formula is C22H24ClN4O+. The van der Waals surface area contributed by atoms with E-state index >= 15 is 0 Å². The number of carbonyl (C=O) groups is 1. The van der Waals surface area contributed by atoms with E-state index in [-0.39, 0.29) is 12.3 Å². The van der Waals surface area contributed by atoms with Crippen LogP contribution in [0.4, 0.5) is 5.69 Å². The van der Waals surface area contributed by atoms with Crippen molar-refractivity contribution in [2.24, 2.45) is 5.10 Å². The summed E-state index contributed by atoms with van der Waals surface area (Å²) in [5, 5.41) is 5.19. The molecule has 0 aliphatic rings. The number of carbonyl (C=O) groups excluding carboxylic acids is 1. The minimum Gasteiger partial charge on any atom is -0.378 e. The number of hydrogen-bond donors (Lipinski definition) is 0. The van der Waals surface area contributed by atoms with E-state index in [1.54, 1.807) is 24.3 Å². The lowest BCUT2D eigenvalue weighted by Crippen LogP contribution is -2.40. The zero-order valence-electron chi connectivity index (χ0n) is 16.3. The quantitative estimate of drug-likeness (QED) is 0.346. The van der Waals surface area contributed by atoms with Crippen LogP contribution in [-0.4, -0.2) is 30.8 Å². The average Bonchev–Trinajstić information content (AvgIpc) is 3.08. The highest BCUT2D eigenvalue weighted by Gasteiger charge is 2.18. The average molecular weight is 396 g/mol. The van der Waals surface area contributed by atoms with Crippen LogP contribution in [0.25, 0.3) is 0 Å². The van der Waals surface area contributed by atoms with Crippen molar-refractivity contribution in [2.75, 3.05) is 19.0 Å². The Labute approximate surface area is 170 Å². The van der Waals surface area contributed by atoms with Crippen molar-refractivity contribution in [3.05, 3.63) is 82.9 Å². The molecule has 0 unspecified atom stereocenters. The summed E-state index contributed by atoms with van der Waals surface area (Å²) in [4.78, 5) is 14.6. The predicted molar refractivity (Wildman–Crippen MR) is 114 cm³/mol. The van der Waals surface area contributed by atoms with Gasteiger partial charge in [-0.05, 0) is 42.0 Å². The number of hydrogen-bond acceptors (Lipinski definition) is 3. The predicted octanol–water partition coefficient (Wildman–Crippen LogP) is 3.82. The summed E-state index contributed by atoms with van der Waals surface area (Å²) in [6.07, 6.45) is 6.35. The molecule has 28 heavy (non-hydrogen) atoms. The monoisotopic (exact) mass is 395 g/mol. The van der Waals surface area contributed by atoms with Gasteiger partial charge in [-0.3, -0.25) is 4.79 Å². The van der Waals surface area contributed by atoms with Crippen molar-refractivity contribution in [3.8, 4) is 0 Å². The Bertz CT molecular complexity index is 973. The summed E-state index contributed by atoms with van der Waals surface area (Å²) in [6.45, 7) is 2.32. The molecule has 2 aromatic carbocycles. The van der Waals surface area contributed by atoms with Gasteiger partial charge in [-0.2, -0.15) is 0 Å². The molecule has 1 heterocycles. The summed E-state index contributed by atoms with van der Waals surface area (Å²) in [6, 6.07) is 15.2. The van der Waals surface area contributed by atoms with Gasteiger partial charge in [0.1, 0.15) is 6.20 Å². The molecule has 0 atom stereocenters. The number of nitrogens with zero attached hydrogens (tertiary/aromatic N) is 4. The molecule has 3 rings (SSSR count). The first-order chi connectivity index (χ1) is 13.5. The smallest absolute Gasteiger partial charge is 0.282 e. The second-order valence-corrected chi connectivity index (χ2v) is 7.14. The Morgan fingerprint density at radius 1 is 1.14 bits per heavy atom. The van der Waals surface area contributed by atoms with E-state index < -0.39 is 0 Å². The van der Waals surface area contributed by atoms with Gasteiger partial charge in [0.2, 0.25) is 5.78 Å². The van der Waals surface area contributed by atoms with E-state index in [0.717, 1.165) is 23.5 Å². The van der Waals surface area contributed by atoms with E-state index in [9.17, 15) is 4.79 Å². The maximum absolute atomic E-state index is 12.6. The molecule has 0 aliphatic carbocycles. The molecule has 0 fully saturated rings. The van der Waals surface area contributed by atoms with Crippen molar-refractivity contribution < 1.29 is 9.36 Å². The van der Waals surface area contributed by atoms with Gasteiger partial charge in [0.25, 0.3) is 5.82 Å². The van der Waals surface area contributed by atoms with Crippen molar-refractivity contribution in [3.63, 3.8) is 0 Å². The molecule has 0 radical (unpaired) electrons. The molecule has 3 aromatic rings. The number of ketones is 1. The van der Waals surface area contributed by atoms with Crippen LogP contribution in [0.3, 0.4) is 0 Å². The van der Waals surface area contributed by atoms with E-state index in [0.29, 0.717) is 10.6 Å². The normalized spacial score (nSPS) is 11.1.